The highest BCUT2D eigenvalue weighted by atomic mass is 19.1. The number of likely N-dealkylation sites (N-methyl/N-ethyl adjacent to an activating group) is 1. The summed E-state index contributed by atoms with van der Waals surface area (Å²) in [6, 6.07) is 14.3. The van der Waals surface area contributed by atoms with Crippen LogP contribution in [0.25, 0.3) is 0 Å². The largest absolute Gasteiger partial charge is 0.496 e. The van der Waals surface area contributed by atoms with Gasteiger partial charge in [0.2, 0.25) is 0 Å². The molecular formula is C21H27FN2O2. The molecule has 2 aromatic carbocycles. The third-order valence-electron chi connectivity index (χ3n) is 4.54. The van der Waals surface area contributed by atoms with Crippen molar-refractivity contribution in [2.75, 3.05) is 27.2 Å². The number of methoxy groups -OCH3 is 1. The molecule has 0 radical (unpaired) electrons. The maximum absolute atomic E-state index is 14.0. The van der Waals surface area contributed by atoms with E-state index < -0.39 is 5.41 Å². The van der Waals surface area contributed by atoms with Crippen LogP contribution in [0.2, 0.25) is 0 Å². The molecule has 0 aromatic heterocycles. The first-order chi connectivity index (χ1) is 12.3. The van der Waals surface area contributed by atoms with Crippen molar-refractivity contribution in [2.45, 2.75) is 25.7 Å². The molecule has 2 rings (SSSR count). The van der Waals surface area contributed by atoms with Crippen molar-refractivity contribution in [3.8, 4) is 5.75 Å². The van der Waals surface area contributed by atoms with E-state index in [4.69, 9.17) is 4.74 Å². The van der Waals surface area contributed by atoms with E-state index in [1.165, 1.54) is 6.07 Å². The number of para-hydroxylation sites is 1. The van der Waals surface area contributed by atoms with Gasteiger partial charge in [-0.25, -0.2) is 9.18 Å². The fourth-order valence-electron chi connectivity index (χ4n) is 2.84. The first kappa shape index (κ1) is 19.8. The second-order valence-electron chi connectivity index (χ2n) is 7.01. The van der Waals surface area contributed by atoms with Gasteiger partial charge in [0.25, 0.3) is 0 Å². The van der Waals surface area contributed by atoms with Crippen molar-refractivity contribution >= 4 is 6.03 Å². The Kier molecular flexibility index (Phi) is 6.61. The average molecular weight is 358 g/mol. The maximum atomic E-state index is 14.0. The molecule has 0 bridgehead atoms. The average Bonchev–Trinajstić information content (AvgIpc) is 2.64. The maximum Gasteiger partial charge on any atom is 0.317 e. The van der Waals surface area contributed by atoms with Gasteiger partial charge in [0.1, 0.15) is 11.6 Å². The third-order valence-corrected chi connectivity index (χ3v) is 4.54. The van der Waals surface area contributed by atoms with Crippen LogP contribution in [0.15, 0.2) is 48.5 Å². The van der Waals surface area contributed by atoms with E-state index in [1.807, 2.05) is 38.1 Å². The highest BCUT2D eigenvalue weighted by molar-refractivity contribution is 5.74. The molecule has 5 heteroatoms. The van der Waals surface area contributed by atoms with Gasteiger partial charge in [-0.1, -0.05) is 50.2 Å². The molecule has 140 valence electrons. The van der Waals surface area contributed by atoms with Gasteiger partial charge in [0, 0.05) is 25.6 Å². The third kappa shape index (κ3) is 4.97. The van der Waals surface area contributed by atoms with Crippen LogP contribution >= 0.6 is 0 Å². The minimum absolute atomic E-state index is 0.177. The number of urea groups is 1. The molecule has 0 spiro atoms. The summed E-state index contributed by atoms with van der Waals surface area (Å²) in [6.45, 7) is 4.75. The summed E-state index contributed by atoms with van der Waals surface area (Å²) in [6.07, 6.45) is 0.699. The van der Waals surface area contributed by atoms with E-state index in [1.54, 1.807) is 37.3 Å². The molecule has 2 aromatic rings. The van der Waals surface area contributed by atoms with Crippen LogP contribution in [0.4, 0.5) is 9.18 Å². The van der Waals surface area contributed by atoms with E-state index in [2.05, 4.69) is 5.32 Å². The second kappa shape index (κ2) is 8.70. The molecule has 1 N–H and O–H groups in total. The number of hydrogen-bond donors (Lipinski definition) is 1. The lowest BCUT2D eigenvalue weighted by Crippen LogP contribution is -2.44. The minimum Gasteiger partial charge on any atom is -0.496 e. The number of carbonyl (C=O) groups excluding carboxylic acids is 1. The van der Waals surface area contributed by atoms with Gasteiger partial charge in [0.05, 0.1) is 7.11 Å². The summed E-state index contributed by atoms with van der Waals surface area (Å²) in [4.78, 5) is 14.0. The van der Waals surface area contributed by atoms with E-state index >= 15 is 0 Å². The summed E-state index contributed by atoms with van der Waals surface area (Å²) >= 11 is 0. The Bertz CT molecular complexity index is 746. The molecule has 2 amide bonds. The highest BCUT2D eigenvalue weighted by Gasteiger charge is 2.25. The predicted molar refractivity (Wildman–Crippen MR) is 102 cm³/mol. The quantitative estimate of drug-likeness (QED) is 0.813. The number of rotatable bonds is 7. The van der Waals surface area contributed by atoms with Crippen LogP contribution in [0.5, 0.6) is 5.75 Å². The molecule has 0 saturated carbocycles. The Morgan fingerprint density at radius 2 is 1.81 bits per heavy atom. The van der Waals surface area contributed by atoms with E-state index in [0.717, 1.165) is 11.3 Å². The van der Waals surface area contributed by atoms with Gasteiger partial charge >= 0.3 is 6.03 Å². The topological polar surface area (TPSA) is 41.6 Å². The predicted octanol–water partition coefficient (Wildman–Crippen LogP) is 4.00. The molecule has 0 aliphatic rings. The molecule has 4 nitrogen and oxygen atoms in total. The molecule has 0 saturated heterocycles. The first-order valence-electron chi connectivity index (χ1n) is 8.71. The zero-order valence-electron chi connectivity index (χ0n) is 15.9. The van der Waals surface area contributed by atoms with Gasteiger partial charge < -0.3 is 15.0 Å². The lowest BCUT2D eigenvalue weighted by Gasteiger charge is -2.27. The van der Waals surface area contributed by atoms with E-state index in [-0.39, 0.29) is 11.8 Å². The highest BCUT2D eigenvalue weighted by Crippen LogP contribution is 2.25. The van der Waals surface area contributed by atoms with Crippen LogP contribution < -0.4 is 10.1 Å². The Balaban J connectivity index is 1.90. The normalized spacial score (nSPS) is 11.1. The van der Waals surface area contributed by atoms with Crippen LogP contribution in [0.3, 0.4) is 0 Å². The number of ether oxygens (including phenoxy) is 1. The zero-order chi connectivity index (χ0) is 19.2. The summed E-state index contributed by atoms with van der Waals surface area (Å²) in [5.41, 5.74) is 1.16. The number of amides is 2. The van der Waals surface area contributed by atoms with Crippen molar-refractivity contribution in [1.29, 1.82) is 0 Å². The summed E-state index contributed by atoms with van der Waals surface area (Å²) < 4.78 is 19.3. The van der Waals surface area contributed by atoms with Crippen LogP contribution in [-0.2, 0) is 11.8 Å². The van der Waals surface area contributed by atoms with Gasteiger partial charge in [-0.05, 0) is 29.7 Å². The van der Waals surface area contributed by atoms with Crippen molar-refractivity contribution in [3.63, 3.8) is 0 Å². The van der Waals surface area contributed by atoms with E-state index in [0.29, 0.717) is 25.1 Å². The zero-order valence-corrected chi connectivity index (χ0v) is 15.9. The summed E-state index contributed by atoms with van der Waals surface area (Å²) in [5.74, 6) is 0.568. The standard InChI is InChI=1S/C21H27FN2O2/c1-21(2,17-10-6-7-11-18(17)22)15-23-20(25)24(3)14-13-16-9-5-8-12-19(16)26-4/h5-12H,13-15H2,1-4H3,(H,23,25). The number of nitrogens with zero attached hydrogens (tertiary/aromatic N) is 1. The van der Waals surface area contributed by atoms with Gasteiger partial charge in [0.15, 0.2) is 0 Å². The number of carbonyl (C=O) groups is 1. The van der Waals surface area contributed by atoms with Crippen LogP contribution in [0.1, 0.15) is 25.0 Å². The molecule has 26 heavy (non-hydrogen) atoms. The molecule has 0 atom stereocenters. The van der Waals surface area contributed by atoms with Crippen LogP contribution in [-0.4, -0.2) is 38.2 Å². The Labute approximate surface area is 155 Å². The molecule has 0 aliphatic heterocycles. The van der Waals surface area contributed by atoms with Crippen molar-refractivity contribution in [2.24, 2.45) is 0 Å². The number of benzene rings is 2. The number of halogens is 1. The summed E-state index contributed by atoms with van der Waals surface area (Å²) in [5, 5.41) is 2.90. The van der Waals surface area contributed by atoms with Crippen molar-refractivity contribution in [3.05, 3.63) is 65.5 Å². The fourth-order valence-corrected chi connectivity index (χ4v) is 2.84. The molecule has 0 unspecified atom stereocenters. The Morgan fingerprint density at radius 1 is 1.15 bits per heavy atom. The lowest BCUT2D eigenvalue weighted by molar-refractivity contribution is 0.206. The Hall–Kier alpha value is -2.56. The Morgan fingerprint density at radius 3 is 2.50 bits per heavy atom. The molecule has 0 heterocycles. The number of nitrogens with one attached hydrogen (secondary N) is 1. The van der Waals surface area contributed by atoms with Crippen molar-refractivity contribution in [1.82, 2.24) is 10.2 Å². The minimum atomic E-state index is -0.496. The van der Waals surface area contributed by atoms with E-state index in [9.17, 15) is 9.18 Å². The van der Waals surface area contributed by atoms with Gasteiger partial charge in [-0.15, -0.1) is 0 Å². The smallest absolute Gasteiger partial charge is 0.317 e. The molecular weight excluding hydrogens is 331 g/mol. The fraction of sp³-hybridized carbons (Fsp3) is 0.381. The monoisotopic (exact) mass is 358 g/mol. The second-order valence-corrected chi connectivity index (χ2v) is 7.01. The lowest BCUT2D eigenvalue weighted by atomic mass is 9.84. The number of hydrogen-bond acceptors (Lipinski definition) is 2. The van der Waals surface area contributed by atoms with Gasteiger partial charge in [-0.2, -0.15) is 0 Å². The summed E-state index contributed by atoms with van der Waals surface area (Å²) in [7, 11) is 3.39. The van der Waals surface area contributed by atoms with Gasteiger partial charge in [-0.3, -0.25) is 0 Å². The first-order valence-corrected chi connectivity index (χ1v) is 8.71. The molecule has 0 fully saturated rings. The molecule has 0 aliphatic carbocycles. The van der Waals surface area contributed by atoms with Crippen LogP contribution in [0, 0.1) is 5.82 Å². The van der Waals surface area contributed by atoms with Crippen molar-refractivity contribution < 1.29 is 13.9 Å². The SMILES string of the molecule is COc1ccccc1CCN(C)C(=O)NCC(C)(C)c1ccccc1F.